The fraction of sp³-hybridized carbons (Fsp3) is 0.667. The Kier molecular flexibility index (Phi) is 6.07. The van der Waals surface area contributed by atoms with Crippen molar-refractivity contribution in [3.8, 4) is 0 Å². The number of rotatable bonds is 5. The molecular weight excluding hydrogens is 258 g/mol. The Morgan fingerprint density at radius 3 is 2.52 bits per heavy atom. The molecule has 0 saturated carbocycles. The zero-order chi connectivity index (χ0) is 15.2. The Balaban J connectivity index is 2.12. The number of nitrogens with one attached hydrogen (secondary N) is 1. The van der Waals surface area contributed by atoms with Crippen LogP contribution in [-0.2, 0) is 0 Å². The van der Waals surface area contributed by atoms with E-state index in [0.29, 0.717) is 12.1 Å². The van der Waals surface area contributed by atoms with Crippen LogP contribution >= 0.6 is 0 Å². The number of likely N-dealkylation sites (N-methyl/N-ethyl adjacent to an activating group) is 1. The van der Waals surface area contributed by atoms with Gasteiger partial charge in [-0.2, -0.15) is 0 Å². The first-order valence-corrected chi connectivity index (χ1v) is 8.44. The van der Waals surface area contributed by atoms with Gasteiger partial charge in [0.15, 0.2) is 0 Å². The lowest BCUT2D eigenvalue weighted by atomic mass is 10.1. The third-order valence-electron chi connectivity index (χ3n) is 4.61. The van der Waals surface area contributed by atoms with E-state index in [-0.39, 0.29) is 0 Å². The van der Waals surface area contributed by atoms with E-state index in [1.165, 1.54) is 43.7 Å². The molecule has 1 aliphatic rings. The summed E-state index contributed by atoms with van der Waals surface area (Å²) in [5, 5.41) is 3.48. The van der Waals surface area contributed by atoms with Crippen LogP contribution in [0.4, 0.5) is 5.69 Å². The van der Waals surface area contributed by atoms with Crippen LogP contribution in [0.15, 0.2) is 24.3 Å². The molecule has 21 heavy (non-hydrogen) atoms. The molecule has 1 heterocycles. The number of anilines is 1. The molecule has 2 rings (SSSR count). The minimum Gasteiger partial charge on any atom is -0.367 e. The molecule has 1 N–H and O–H groups in total. The Hall–Kier alpha value is -1.06. The maximum absolute atomic E-state index is 3.48. The normalized spacial score (nSPS) is 22.1. The minimum absolute atomic E-state index is 0.432. The van der Waals surface area contributed by atoms with Crippen molar-refractivity contribution < 1.29 is 0 Å². The smallest absolute Gasteiger partial charge is 0.0414 e. The van der Waals surface area contributed by atoms with Crippen molar-refractivity contribution in [1.82, 2.24) is 10.2 Å². The zero-order valence-corrected chi connectivity index (χ0v) is 14.1. The van der Waals surface area contributed by atoms with E-state index in [0.717, 1.165) is 6.54 Å². The van der Waals surface area contributed by atoms with Gasteiger partial charge in [0, 0.05) is 30.9 Å². The maximum atomic E-state index is 3.48. The van der Waals surface area contributed by atoms with Gasteiger partial charge in [-0.15, -0.1) is 0 Å². The van der Waals surface area contributed by atoms with Crippen molar-refractivity contribution >= 4 is 5.69 Å². The Bertz CT molecular complexity index is 415. The van der Waals surface area contributed by atoms with Crippen molar-refractivity contribution in [1.29, 1.82) is 0 Å². The standard InChI is InChI=1S/C18H31N3/c1-5-17-14-20(4)12-7-13-21(17)18-10-8-16(9-11-18)15(3)19-6-2/h8-11,15,17,19H,5-7,12-14H2,1-4H3. The summed E-state index contributed by atoms with van der Waals surface area (Å²) in [7, 11) is 2.24. The van der Waals surface area contributed by atoms with Crippen molar-refractivity contribution in [2.45, 2.75) is 45.7 Å². The second-order valence-electron chi connectivity index (χ2n) is 6.24. The summed E-state index contributed by atoms with van der Waals surface area (Å²) < 4.78 is 0. The fourth-order valence-corrected chi connectivity index (χ4v) is 3.31. The van der Waals surface area contributed by atoms with Crippen LogP contribution in [0.1, 0.15) is 45.2 Å². The molecule has 1 fully saturated rings. The topological polar surface area (TPSA) is 18.5 Å². The summed E-state index contributed by atoms with van der Waals surface area (Å²) in [5.74, 6) is 0. The van der Waals surface area contributed by atoms with Gasteiger partial charge in [-0.25, -0.2) is 0 Å². The quantitative estimate of drug-likeness (QED) is 0.897. The summed E-state index contributed by atoms with van der Waals surface area (Å²) >= 11 is 0. The summed E-state index contributed by atoms with van der Waals surface area (Å²) in [6.45, 7) is 11.3. The Labute approximate surface area is 130 Å². The number of benzene rings is 1. The van der Waals surface area contributed by atoms with E-state index in [1.54, 1.807) is 0 Å². The lowest BCUT2D eigenvalue weighted by molar-refractivity contribution is 0.328. The van der Waals surface area contributed by atoms with Crippen LogP contribution in [0.2, 0.25) is 0 Å². The lowest BCUT2D eigenvalue weighted by Crippen LogP contribution is -2.39. The molecule has 2 unspecified atom stereocenters. The molecule has 2 atom stereocenters. The Morgan fingerprint density at radius 1 is 1.19 bits per heavy atom. The molecule has 1 aliphatic heterocycles. The van der Waals surface area contributed by atoms with Gasteiger partial charge < -0.3 is 15.1 Å². The largest absolute Gasteiger partial charge is 0.367 e. The summed E-state index contributed by atoms with van der Waals surface area (Å²) in [6, 6.07) is 10.2. The molecule has 1 aromatic carbocycles. The van der Waals surface area contributed by atoms with E-state index in [1.807, 2.05) is 0 Å². The molecule has 0 radical (unpaired) electrons. The van der Waals surface area contributed by atoms with E-state index in [4.69, 9.17) is 0 Å². The number of nitrogens with zero attached hydrogens (tertiary/aromatic N) is 2. The predicted molar refractivity (Wildman–Crippen MR) is 92.1 cm³/mol. The van der Waals surface area contributed by atoms with Crippen LogP contribution < -0.4 is 10.2 Å². The van der Waals surface area contributed by atoms with Crippen molar-refractivity contribution in [2.24, 2.45) is 0 Å². The van der Waals surface area contributed by atoms with E-state index in [2.05, 4.69) is 67.2 Å². The molecule has 3 heteroatoms. The first-order valence-electron chi connectivity index (χ1n) is 8.44. The van der Waals surface area contributed by atoms with E-state index < -0.39 is 0 Å². The van der Waals surface area contributed by atoms with Crippen LogP contribution in [0, 0.1) is 0 Å². The summed E-state index contributed by atoms with van der Waals surface area (Å²) in [4.78, 5) is 5.07. The first kappa shape index (κ1) is 16.3. The summed E-state index contributed by atoms with van der Waals surface area (Å²) in [6.07, 6.45) is 2.46. The van der Waals surface area contributed by atoms with Crippen LogP contribution in [-0.4, -0.2) is 44.2 Å². The second kappa shape index (κ2) is 7.81. The minimum atomic E-state index is 0.432. The van der Waals surface area contributed by atoms with Crippen molar-refractivity contribution in [3.05, 3.63) is 29.8 Å². The highest BCUT2D eigenvalue weighted by molar-refractivity contribution is 5.49. The molecule has 0 spiro atoms. The Morgan fingerprint density at radius 2 is 1.90 bits per heavy atom. The molecular formula is C18H31N3. The average molecular weight is 289 g/mol. The number of hydrogen-bond acceptors (Lipinski definition) is 3. The van der Waals surface area contributed by atoms with Gasteiger partial charge in [-0.05, 0) is 57.6 Å². The monoisotopic (exact) mass is 289 g/mol. The SMILES string of the molecule is CCNC(C)c1ccc(N2CCCN(C)CC2CC)cc1. The lowest BCUT2D eigenvalue weighted by Gasteiger charge is -2.32. The van der Waals surface area contributed by atoms with Gasteiger partial charge in [0.05, 0.1) is 0 Å². The van der Waals surface area contributed by atoms with Gasteiger partial charge in [0.25, 0.3) is 0 Å². The molecule has 1 aromatic rings. The average Bonchev–Trinajstić information content (AvgIpc) is 2.69. The highest BCUT2D eigenvalue weighted by Gasteiger charge is 2.22. The van der Waals surface area contributed by atoms with Crippen LogP contribution in [0.25, 0.3) is 0 Å². The highest BCUT2D eigenvalue weighted by Crippen LogP contribution is 2.24. The fourth-order valence-electron chi connectivity index (χ4n) is 3.31. The number of hydrogen-bond donors (Lipinski definition) is 1. The molecule has 118 valence electrons. The molecule has 0 amide bonds. The first-order chi connectivity index (χ1) is 10.2. The molecule has 3 nitrogen and oxygen atoms in total. The third-order valence-corrected chi connectivity index (χ3v) is 4.61. The molecule has 1 saturated heterocycles. The predicted octanol–water partition coefficient (Wildman–Crippen LogP) is 3.28. The third kappa shape index (κ3) is 4.21. The second-order valence-corrected chi connectivity index (χ2v) is 6.24. The van der Waals surface area contributed by atoms with Crippen LogP contribution in [0.3, 0.4) is 0 Å². The van der Waals surface area contributed by atoms with E-state index >= 15 is 0 Å². The van der Waals surface area contributed by atoms with Gasteiger partial charge in [-0.1, -0.05) is 26.0 Å². The summed E-state index contributed by atoms with van der Waals surface area (Å²) in [5.41, 5.74) is 2.75. The van der Waals surface area contributed by atoms with Crippen molar-refractivity contribution in [2.75, 3.05) is 38.1 Å². The highest BCUT2D eigenvalue weighted by atomic mass is 15.2. The van der Waals surface area contributed by atoms with Gasteiger partial charge >= 0.3 is 0 Å². The maximum Gasteiger partial charge on any atom is 0.0414 e. The van der Waals surface area contributed by atoms with Gasteiger partial charge in [-0.3, -0.25) is 0 Å². The zero-order valence-electron chi connectivity index (χ0n) is 14.1. The molecule has 0 aromatic heterocycles. The van der Waals surface area contributed by atoms with E-state index in [9.17, 15) is 0 Å². The van der Waals surface area contributed by atoms with Crippen molar-refractivity contribution in [3.63, 3.8) is 0 Å². The van der Waals surface area contributed by atoms with Crippen LogP contribution in [0.5, 0.6) is 0 Å². The molecule has 0 bridgehead atoms. The van der Waals surface area contributed by atoms with Gasteiger partial charge in [0.1, 0.15) is 0 Å². The molecule has 0 aliphatic carbocycles. The van der Waals surface area contributed by atoms with Gasteiger partial charge in [0.2, 0.25) is 0 Å².